The summed E-state index contributed by atoms with van der Waals surface area (Å²) in [6.45, 7) is 3.83. The fourth-order valence-corrected chi connectivity index (χ4v) is 5.63. The third-order valence-electron chi connectivity index (χ3n) is 7.04. The van der Waals surface area contributed by atoms with Crippen molar-refractivity contribution in [1.29, 1.82) is 0 Å². The van der Waals surface area contributed by atoms with E-state index in [-0.39, 0.29) is 29.8 Å². The molecule has 2 aromatic carbocycles. The van der Waals surface area contributed by atoms with Crippen molar-refractivity contribution in [2.45, 2.75) is 44.3 Å². The van der Waals surface area contributed by atoms with Crippen LogP contribution in [-0.4, -0.2) is 34.7 Å². The van der Waals surface area contributed by atoms with Crippen molar-refractivity contribution in [3.8, 4) is 0 Å². The molecule has 5 atom stereocenters. The van der Waals surface area contributed by atoms with Crippen molar-refractivity contribution in [3.63, 3.8) is 0 Å². The number of rotatable bonds is 4. The number of anilines is 1. The predicted octanol–water partition coefficient (Wildman–Crippen LogP) is 3.10. The van der Waals surface area contributed by atoms with E-state index in [1.54, 1.807) is 18.2 Å². The maximum absolute atomic E-state index is 13.6. The molecule has 0 radical (unpaired) electrons. The minimum atomic E-state index is -1.31. The highest BCUT2D eigenvalue weighted by Gasteiger charge is 2.70. The summed E-state index contributed by atoms with van der Waals surface area (Å²) >= 11 is 6.28. The summed E-state index contributed by atoms with van der Waals surface area (Å²) in [5.74, 6) is -2.20. The second-order valence-electron chi connectivity index (χ2n) is 8.70. The van der Waals surface area contributed by atoms with Crippen molar-refractivity contribution in [2.24, 2.45) is 11.8 Å². The third-order valence-corrected chi connectivity index (χ3v) is 7.28. The Balaban J connectivity index is 1.66. The van der Waals surface area contributed by atoms with Gasteiger partial charge in [-0.3, -0.25) is 24.6 Å². The fraction of sp³-hybridized carbons (Fsp3) is 0.375. The van der Waals surface area contributed by atoms with Crippen molar-refractivity contribution >= 4 is 35.0 Å². The molecule has 31 heavy (non-hydrogen) atoms. The molecule has 3 heterocycles. The number of fused-ring (bicyclic) bond motifs is 4. The maximum Gasteiger partial charge on any atom is 0.250 e. The van der Waals surface area contributed by atoms with Crippen molar-refractivity contribution in [2.75, 3.05) is 5.32 Å². The van der Waals surface area contributed by atoms with Gasteiger partial charge in [0.1, 0.15) is 5.54 Å². The summed E-state index contributed by atoms with van der Waals surface area (Å²) in [4.78, 5) is 42.0. The zero-order chi connectivity index (χ0) is 21.9. The Morgan fingerprint density at radius 1 is 1.10 bits per heavy atom. The summed E-state index contributed by atoms with van der Waals surface area (Å²) in [6.07, 6.45) is 1.20. The Labute approximate surface area is 185 Å². The van der Waals surface area contributed by atoms with E-state index in [1.165, 1.54) is 4.90 Å². The Bertz CT molecular complexity index is 1090. The van der Waals surface area contributed by atoms with Gasteiger partial charge in [-0.15, -0.1) is 0 Å². The molecule has 2 N–H and O–H groups in total. The smallest absolute Gasteiger partial charge is 0.250 e. The topological polar surface area (TPSA) is 78.5 Å². The van der Waals surface area contributed by atoms with Crippen LogP contribution in [-0.2, 0) is 26.3 Å². The Kier molecular flexibility index (Phi) is 4.68. The molecule has 6 nitrogen and oxygen atoms in total. The number of amides is 3. The van der Waals surface area contributed by atoms with Crippen LogP contribution in [0, 0.1) is 11.8 Å². The standard InChI is InChI=1S/C24H24ClN3O3/c1-3-13(2)28-21(29)19-18(11-14-7-5-4-6-8-14)27-24(20(19)22(28)30)16-12-15(25)9-10-17(16)26-23(24)31/h4-10,12-13,18-20,27H,3,11H2,1-2H3,(H,26,31)/t13-,18-,19+,20-,24-/m0/s1. The molecule has 160 valence electrons. The van der Waals surface area contributed by atoms with E-state index < -0.39 is 17.4 Å². The summed E-state index contributed by atoms with van der Waals surface area (Å²) in [6, 6.07) is 14.4. The lowest BCUT2D eigenvalue weighted by atomic mass is 9.76. The van der Waals surface area contributed by atoms with Crippen LogP contribution in [0.2, 0.25) is 5.02 Å². The molecular weight excluding hydrogens is 414 g/mol. The van der Waals surface area contributed by atoms with Crippen molar-refractivity contribution in [1.82, 2.24) is 10.2 Å². The molecule has 0 bridgehead atoms. The average Bonchev–Trinajstić information content (AvgIpc) is 3.33. The number of carbonyl (C=O) groups excluding carboxylic acids is 3. The first-order valence-electron chi connectivity index (χ1n) is 10.7. The lowest BCUT2D eigenvalue weighted by molar-refractivity contribution is -0.145. The second kappa shape index (κ2) is 7.18. The molecule has 7 heteroatoms. The molecule has 0 unspecified atom stereocenters. The SMILES string of the molecule is CC[C@H](C)N1C(=O)[C@@H]2[C@H](Cc3ccccc3)N[C@]3(C(=O)Nc4ccc(Cl)cc43)[C@@H]2C1=O. The number of carbonyl (C=O) groups is 3. The highest BCUT2D eigenvalue weighted by molar-refractivity contribution is 6.31. The number of likely N-dealkylation sites (tertiary alicyclic amines) is 1. The Hall–Kier alpha value is -2.70. The first kappa shape index (κ1) is 20.2. The van der Waals surface area contributed by atoms with E-state index in [9.17, 15) is 14.4 Å². The van der Waals surface area contributed by atoms with E-state index in [2.05, 4.69) is 10.6 Å². The van der Waals surface area contributed by atoms with Crippen LogP contribution >= 0.6 is 11.6 Å². The van der Waals surface area contributed by atoms with Crippen LogP contribution in [0.4, 0.5) is 5.69 Å². The van der Waals surface area contributed by atoms with Crippen molar-refractivity contribution in [3.05, 3.63) is 64.7 Å². The van der Waals surface area contributed by atoms with Crippen LogP contribution in [0.15, 0.2) is 48.5 Å². The molecule has 3 aliphatic heterocycles. The lowest BCUT2D eigenvalue weighted by Crippen LogP contribution is -2.54. The van der Waals surface area contributed by atoms with Gasteiger partial charge in [0.25, 0.3) is 0 Å². The summed E-state index contributed by atoms with van der Waals surface area (Å²) < 4.78 is 0. The van der Waals surface area contributed by atoms with Crippen molar-refractivity contribution < 1.29 is 14.4 Å². The van der Waals surface area contributed by atoms with Crippen LogP contribution in [0.5, 0.6) is 0 Å². The monoisotopic (exact) mass is 437 g/mol. The molecule has 3 aliphatic rings. The van der Waals surface area contributed by atoms with Gasteiger partial charge < -0.3 is 5.32 Å². The molecule has 5 rings (SSSR count). The highest BCUT2D eigenvalue weighted by atomic mass is 35.5. The quantitative estimate of drug-likeness (QED) is 0.720. The summed E-state index contributed by atoms with van der Waals surface area (Å²) in [5, 5.41) is 6.84. The normalized spacial score (nSPS) is 30.0. The molecule has 2 fully saturated rings. The minimum Gasteiger partial charge on any atom is -0.324 e. The van der Waals surface area contributed by atoms with E-state index in [0.717, 1.165) is 5.56 Å². The van der Waals surface area contributed by atoms with E-state index in [1.807, 2.05) is 44.2 Å². The molecule has 0 saturated carbocycles. The predicted molar refractivity (Wildman–Crippen MR) is 117 cm³/mol. The molecule has 2 saturated heterocycles. The van der Waals surface area contributed by atoms with E-state index in [4.69, 9.17) is 11.6 Å². The van der Waals surface area contributed by atoms with Gasteiger partial charge in [-0.2, -0.15) is 0 Å². The largest absolute Gasteiger partial charge is 0.324 e. The molecule has 0 aliphatic carbocycles. The van der Waals surface area contributed by atoms with Crippen LogP contribution < -0.4 is 10.6 Å². The molecule has 2 aromatic rings. The van der Waals surface area contributed by atoms with Gasteiger partial charge in [0.05, 0.1) is 11.8 Å². The first-order valence-corrected chi connectivity index (χ1v) is 11.1. The number of halogens is 1. The maximum atomic E-state index is 13.6. The summed E-state index contributed by atoms with van der Waals surface area (Å²) in [5.41, 5.74) is 1.01. The van der Waals surface area contributed by atoms with Gasteiger partial charge in [-0.25, -0.2) is 0 Å². The lowest BCUT2D eigenvalue weighted by Gasteiger charge is -2.31. The number of nitrogens with zero attached hydrogens (tertiary/aromatic N) is 1. The molecular formula is C24H24ClN3O3. The minimum absolute atomic E-state index is 0.196. The highest BCUT2D eigenvalue weighted by Crippen LogP contribution is 2.54. The Morgan fingerprint density at radius 3 is 2.55 bits per heavy atom. The van der Waals surface area contributed by atoms with Gasteiger partial charge >= 0.3 is 0 Å². The number of hydrogen-bond donors (Lipinski definition) is 2. The van der Waals surface area contributed by atoms with Gasteiger partial charge in [-0.1, -0.05) is 48.9 Å². The zero-order valence-electron chi connectivity index (χ0n) is 17.4. The number of hydrogen-bond acceptors (Lipinski definition) is 4. The van der Waals surface area contributed by atoms with E-state index >= 15 is 0 Å². The van der Waals surface area contributed by atoms with E-state index in [0.29, 0.717) is 29.1 Å². The Morgan fingerprint density at radius 2 is 1.84 bits per heavy atom. The average molecular weight is 438 g/mol. The van der Waals surface area contributed by atoms with Gasteiger partial charge in [0.15, 0.2) is 0 Å². The zero-order valence-corrected chi connectivity index (χ0v) is 18.1. The van der Waals surface area contributed by atoms with Gasteiger partial charge in [0.2, 0.25) is 17.7 Å². The van der Waals surface area contributed by atoms with Crippen LogP contribution in [0.1, 0.15) is 31.4 Å². The first-order chi connectivity index (χ1) is 14.9. The third kappa shape index (κ3) is 2.78. The van der Waals surface area contributed by atoms with Gasteiger partial charge in [-0.05, 0) is 43.5 Å². The van der Waals surface area contributed by atoms with Crippen LogP contribution in [0.3, 0.4) is 0 Å². The number of imide groups is 1. The molecule has 1 spiro atoms. The molecule has 3 amide bonds. The van der Waals surface area contributed by atoms with Crippen LogP contribution in [0.25, 0.3) is 0 Å². The number of benzene rings is 2. The summed E-state index contributed by atoms with van der Waals surface area (Å²) in [7, 11) is 0. The molecule has 0 aromatic heterocycles. The second-order valence-corrected chi connectivity index (χ2v) is 9.14. The number of nitrogens with one attached hydrogen (secondary N) is 2. The fourth-order valence-electron chi connectivity index (χ4n) is 5.46. The van der Waals surface area contributed by atoms with Gasteiger partial charge in [0, 0.05) is 28.4 Å².